The van der Waals surface area contributed by atoms with E-state index >= 15 is 0 Å². The second-order valence-corrected chi connectivity index (χ2v) is 5.20. The lowest BCUT2D eigenvalue weighted by Gasteiger charge is -2.10. The zero-order valence-corrected chi connectivity index (χ0v) is 13.1. The Morgan fingerprint density at radius 3 is 1.39 bits per heavy atom. The Balaban J connectivity index is 2.91. The molecule has 110 valence electrons. The van der Waals surface area contributed by atoms with Crippen molar-refractivity contribution in [2.75, 3.05) is 0 Å². The van der Waals surface area contributed by atoms with Crippen LogP contribution < -0.4 is 0 Å². The van der Waals surface area contributed by atoms with E-state index in [4.69, 9.17) is 0 Å². The van der Waals surface area contributed by atoms with Gasteiger partial charge in [0.25, 0.3) is 0 Å². The highest BCUT2D eigenvalue weighted by Crippen LogP contribution is 2.44. The van der Waals surface area contributed by atoms with Gasteiger partial charge in [-0.3, -0.25) is 0 Å². The van der Waals surface area contributed by atoms with Crippen molar-refractivity contribution in [1.82, 2.24) is 0 Å². The molecule has 0 amide bonds. The fourth-order valence-electron chi connectivity index (χ4n) is 2.98. The summed E-state index contributed by atoms with van der Waals surface area (Å²) in [4.78, 5) is 0. The average molecular weight is 298 g/mol. The zero-order valence-electron chi connectivity index (χ0n) is 13.1. The molecule has 4 nitrogen and oxygen atoms in total. The summed E-state index contributed by atoms with van der Waals surface area (Å²) in [6.45, 7) is 4.11. The van der Waals surface area contributed by atoms with Crippen molar-refractivity contribution in [3.8, 4) is 24.3 Å². The highest BCUT2D eigenvalue weighted by Gasteiger charge is 2.28. The molecule has 0 atom stereocenters. The summed E-state index contributed by atoms with van der Waals surface area (Å²) in [5.74, 6) is 0. The molecule has 0 saturated heterocycles. The molecule has 1 aliphatic rings. The van der Waals surface area contributed by atoms with E-state index in [2.05, 4.69) is 13.8 Å². The second-order valence-electron chi connectivity index (χ2n) is 5.20. The number of allylic oxidation sites excluding steroid dienone is 4. The lowest BCUT2D eigenvalue weighted by Crippen LogP contribution is -1.96. The molecule has 0 fully saturated rings. The molecule has 0 N–H and O–H groups in total. The Kier molecular flexibility index (Phi) is 4.61. The van der Waals surface area contributed by atoms with E-state index in [0.29, 0.717) is 11.1 Å². The van der Waals surface area contributed by atoms with Gasteiger partial charge in [-0.15, -0.1) is 0 Å². The summed E-state index contributed by atoms with van der Waals surface area (Å²) in [6.07, 6.45) is 1.97. The number of hydrogen-bond acceptors (Lipinski definition) is 4. The third-order valence-corrected chi connectivity index (χ3v) is 4.16. The number of nitrogens with zero attached hydrogens (tertiary/aromatic N) is 4. The highest BCUT2D eigenvalue weighted by molar-refractivity contribution is 5.98. The molecule has 23 heavy (non-hydrogen) atoms. The van der Waals surface area contributed by atoms with Gasteiger partial charge < -0.3 is 0 Å². The van der Waals surface area contributed by atoms with Gasteiger partial charge in [-0.05, 0) is 46.2 Å². The van der Waals surface area contributed by atoms with Crippen LogP contribution in [0.2, 0.25) is 0 Å². The summed E-state index contributed by atoms with van der Waals surface area (Å²) >= 11 is 0. The van der Waals surface area contributed by atoms with Crippen molar-refractivity contribution >= 4 is 11.1 Å². The van der Waals surface area contributed by atoms with Crippen LogP contribution in [0.25, 0.3) is 11.1 Å². The summed E-state index contributed by atoms with van der Waals surface area (Å²) in [7, 11) is 0. The van der Waals surface area contributed by atoms with Gasteiger partial charge in [0.15, 0.2) is 0 Å². The number of rotatable bonds is 2. The van der Waals surface area contributed by atoms with Gasteiger partial charge in [-0.2, -0.15) is 21.0 Å². The number of fused-ring (bicyclic) bond motifs is 1. The van der Waals surface area contributed by atoms with Gasteiger partial charge in [0.2, 0.25) is 0 Å². The van der Waals surface area contributed by atoms with Gasteiger partial charge in [-0.1, -0.05) is 26.0 Å². The van der Waals surface area contributed by atoms with Crippen LogP contribution >= 0.6 is 0 Å². The Labute approximate surface area is 135 Å². The third kappa shape index (κ3) is 2.60. The molecule has 0 unspecified atom stereocenters. The van der Waals surface area contributed by atoms with Gasteiger partial charge in [-0.25, -0.2) is 0 Å². The Hall–Kier alpha value is -3.34. The molecule has 0 spiro atoms. The first-order valence-corrected chi connectivity index (χ1v) is 7.38. The van der Waals surface area contributed by atoms with E-state index in [0.717, 1.165) is 35.1 Å². The number of hydrogen-bond donors (Lipinski definition) is 0. The molecule has 1 aromatic rings. The molecule has 0 aliphatic heterocycles. The van der Waals surface area contributed by atoms with E-state index in [9.17, 15) is 21.0 Å². The topological polar surface area (TPSA) is 95.2 Å². The van der Waals surface area contributed by atoms with Crippen molar-refractivity contribution in [3.63, 3.8) is 0 Å². The van der Waals surface area contributed by atoms with Gasteiger partial charge >= 0.3 is 0 Å². The Bertz CT molecular complexity index is 796. The van der Waals surface area contributed by atoms with Crippen LogP contribution in [-0.4, -0.2) is 0 Å². The van der Waals surface area contributed by atoms with Crippen molar-refractivity contribution in [2.45, 2.75) is 33.1 Å². The predicted octanol–water partition coefficient (Wildman–Crippen LogP) is 3.82. The molecule has 1 aliphatic carbocycles. The van der Waals surface area contributed by atoms with Crippen molar-refractivity contribution in [2.24, 2.45) is 0 Å². The third-order valence-electron chi connectivity index (χ3n) is 4.16. The maximum absolute atomic E-state index is 9.20. The van der Waals surface area contributed by atoms with Crippen LogP contribution in [-0.2, 0) is 12.8 Å². The second kappa shape index (κ2) is 6.62. The van der Waals surface area contributed by atoms with Crippen LogP contribution in [0.15, 0.2) is 23.3 Å². The van der Waals surface area contributed by atoms with E-state index in [1.54, 1.807) is 0 Å². The van der Waals surface area contributed by atoms with E-state index in [1.807, 2.05) is 36.4 Å². The van der Waals surface area contributed by atoms with Crippen LogP contribution in [0.3, 0.4) is 0 Å². The number of benzene rings is 1. The van der Waals surface area contributed by atoms with Crippen molar-refractivity contribution in [1.29, 1.82) is 21.0 Å². The van der Waals surface area contributed by atoms with Crippen LogP contribution in [0.1, 0.15) is 42.5 Å². The largest absolute Gasteiger partial charge is 0.192 e. The normalized spacial score (nSPS) is 11.7. The first-order valence-electron chi connectivity index (χ1n) is 7.38. The first kappa shape index (κ1) is 16.0. The van der Waals surface area contributed by atoms with Crippen LogP contribution in [0.4, 0.5) is 0 Å². The smallest absolute Gasteiger partial charge is 0.133 e. The van der Waals surface area contributed by atoms with Crippen LogP contribution in [0.5, 0.6) is 0 Å². The molecule has 0 bridgehead atoms. The highest BCUT2D eigenvalue weighted by atomic mass is 14.4. The van der Waals surface area contributed by atoms with Gasteiger partial charge in [0, 0.05) is 6.42 Å². The summed E-state index contributed by atoms with van der Waals surface area (Å²) in [6, 6.07) is 11.7. The molecule has 2 rings (SSSR count). The minimum atomic E-state index is 0.0442. The zero-order chi connectivity index (χ0) is 17.0. The molecular formula is C19H14N4. The maximum Gasteiger partial charge on any atom is 0.133 e. The van der Waals surface area contributed by atoms with Gasteiger partial charge in [0.05, 0.1) is 0 Å². The van der Waals surface area contributed by atoms with Gasteiger partial charge in [0.1, 0.15) is 35.4 Å². The molecule has 0 heterocycles. The predicted molar refractivity (Wildman–Crippen MR) is 86.1 cm³/mol. The number of nitriles is 4. The quantitative estimate of drug-likeness (QED) is 0.775. The number of aryl methyl sites for hydroxylation is 2. The lowest BCUT2D eigenvalue weighted by atomic mass is 9.93. The molecule has 0 saturated carbocycles. The minimum absolute atomic E-state index is 0.0442. The first-order chi connectivity index (χ1) is 11.1. The standard InChI is InChI=1S/C19H14N4/c1-3-12-5-18-16(14(8-20)9-21)7-17(15(10-22)11-23)19(18)6-13(12)4-2/h5-6H,3-4,7H2,1-2H3. The fraction of sp³-hybridized carbons (Fsp3) is 0.263. The monoisotopic (exact) mass is 298 g/mol. The van der Waals surface area contributed by atoms with Crippen LogP contribution in [0, 0.1) is 45.3 Å². The summed E-state index contributed by atoms with van der Waals surface area (Å²) < 4.78 is 0. The van der Waals surface area contributed by atoms with E-state index in [1.165, 1.54) is 0 Å². The lowest BCUT2D eigenvalue weighted by molar-refractivity contribution is 1.03. The Morgan fingerprint density at radius 1 is 0.783 bits per heavy atom. The molecule has 1 aromatic carbocycles. The minimum Gasteiger partial charge on any atom is -0.192 e. The molecule has 0 radical (unpaired) electrons. The average Bonchev–Trinajstić information content (AvgIpc) is 2.94. The summed E-state index contributed by atoms with van der Waals surface area (Å²) in [5.41, 5.74) is 5.24. The maximum atomic E-state index is 9.20. The molecular weight excluding hydrogens is 284 g/mol. The van der Waals surface area contributed by atoms with E-state index < -0.39 is 0 Å². The Morgan fingerprint density at radius 2 is 1.13 bits per heavy atom. The van der Waals surface area contributed by atoms with Crippen molar-refractivity contribution < 1.29 is 0 Å². The van der Waals surface area contributed by atoms with Crippen molar-refractivity contribution in [3.05, 3.63) is 45.5 Å². The van der Waals surface area contributed by atoms with E-state index in [-0.39, 0.29) is 17.6 Å². The molecule has 4 heteroatoms. The SMILES string of the molecule is CCc1cc2c(cc1CC)C(=C(C#N)C#N)CC2=C(C#N)C#N. The summed E-state index contributed by atoms with van der Waals surface area (Å²) in [5, 5.41) is 36.8. The fourth-order valence-corrected chi connectivity index (χ4v) is 2.98. The molecule has 0 aromatic heterocycles.